The summed E-state index contributed by atoms with van der Waals surface area (Å²) in [6, 6.07) is 3.67. The van der Waals surface area contributed by atoms with Crippen LogP contribution >= 0.6 is 0 Å². The molecule has 1 atom stereocenters. The summed E-state index contributed by atoms with van der Waals surface area (Å²) in [6.45, 7) is 4.98. The summed E-state index contributed by atoms with van der Waals surface area (Å²) in [5.74, 6) is 1.28. The van der Waals surface area contributed by atoms with Crippen molar-refractivity contribution in [1.82, 2.24) is 9.97 Å². The van der Waals surface area contributed by atoms with Crippen LogP contribution in [0.5, 0.6) is 5.75 Å². The van der Waals surface area contributed by atoms with Crippen molar-refractivity contribution in [1.29, 1.82) is 0 Å². The van der Waals surface area contributed by atoms with Gasteiger partial charge >= 0.3 is 5.97 Å². The van der Waals surface area contributed by atoms with Crippen molar-refractivity contribution in [2.75, 3.05) is 31.2 Å². The Hall–Kier alpha value is -2.67. The predicted molar refractivity (Wildman–Crippen MR) is 113 cm³/mol. The van der Waals surface area contributed by atoms with Crippen LogP contribution in [0.15, 0.2) is 36.9 Å². The van der Waals surface area contributed by atoms with E-state index in [9.17, 15) is 9.90 Å². The third-order valence-corrected chi connectivity index (χ3v) is 6.13. The van der Waals surface area contributed by atoms with Crippen molar-refractivity contribution >= 4 is 11.7 Å². The number of carbonyl (C=O) groups is 1. The van der Waals surface area contributed by atoms with E-state index in [4.69, 9.17) is 9.47 Å². The maximum Gasteiger partial charge on any atom is 0.337 e. The quantitative estimate of drug-likeness (QED) is 0.770. The van der Waals surface area contributed by atoms with E-state index in [1.807, 2.05) is 12.3 Å². The Morgan fingerprint density at radius 1 is 1.17 bits per heavy atom. The van der Waals surface area contributed by atoms with Crippen LogP contribution in [0.2, 0.25) is 0 Å². The van der Waals surface area contributed by atoms with Crippen LogP contribution in [0.3, 0.4) is 0 Å². The van der Waals surface area contributed by atoms with E-state index in [2.05, 4.69) is 21.8 Å². The summed E-state index contributed by atoms with van der Waals surface area (Å²) < 4.78 is 12.0. The Balaban J connectivity index is 1.39. The molecule has 1 aliphatic heterocycles. The minimum atomic E-state index is -0.988. The van der Waals surface area contributed by atoms with E-state index in [1.54, 1.807) is 18.5 Å². The number of hydrogen-bond acceptors (Lipinski definition) is 6. The van der Waals surface area contributed by atoms with Crippen LogP contribution < -0.4 is 9.64 Å². The fourth-order valence-corrected chi connectivity index (χ4v) is 4.21. The third-order valence-electron chi connectivity index (χ3n) is 6.13. The van der Waals surface area contributed by atoms with E-state index in [-0.39, 0.29) is 11.7 Å². The SMILES string of the molecule is CC1CCC(COc2cncc(N3CCOC(c4cncc(C(=O)O)c4)C3)c2)CC1. The number of nitrogens with zero attached hydrogens (tertiary/aromatic N) is 3. The third kappa shape index (κ3) is 5.08. The number of rotatable bonds is 6. The van der Waals surface area contributed by atoms with E-state index < -0.39 is 5.97 Å². The fraction of sp³-hybridized carbons (Fsp3) is 0.522. The average molecular weight is 412 g/mol. The van der Waals surface area contributed by atoms with Gasteiger partial charge in [-0.1, -0.05) is 19.8 Å². The first-order chi connectivity index (χ1) is 14.6. The standard InChI is InChI=1S/C23H29N3O4/c1-16-2-4-17(5-3-16)15-30-21-9-20(12-25-13-21)26-6-7-29-22(14-26)18-8-19(23(27)28)11-24-10-18/h8-13,16-17,22H,2-7,14-15H2,1H3,(H,27,28). The van der Waals surface area contributed by atoms with Crippen molar-refractivity contribution in [2.24, 2.45) is 11.8 Å². The van der Waals surface area contributed by atoms with E-state index in [0.29, 0.717) is 19.1 Å². The van der Waals surface area contributed by atoms with Gasteiger partial charge in [-0.25, -0.2) is 4.79 Å². The van der Waals surface area contributed by atoms with E-state index in [0.717, 1.165) is 36.1 Å². The van der Waals surface area contributed by atoms with Gasteiger partial charge in [0, 0.05) is 37.1 Å². The number of carboxylic acids is 1. The monoisotopic (exact) mass is 411 g/mol. The number of aromatic nitrogens is 2. The maximum absolute atomic E-state index is 11.2. The second kappa shape index (κ2) is 9.43. The predicted octanol–water partition coefficient (Wildman–Crippen LogP) is 3.96. The van der Waals surface area contributed by atoms with Crippen LogP contribution in [0.25, 0.3) is 0 Å². The van der Waals surface area contributed by atoms with Crippen molar-refractivity contribution in [3.05, 3.63) is 48.0 Å². The van der Waals surface area contributed by atoms with Gasteiger partial charge in [-0.15, -0.1) is 0 Å². The highest BCUT2D eigenvalue weighted by Gasteiger charge is 2.24. The lowest BCUT2D eigenvalue weighted by atomic mass is 9.83. The molecule has 1 unspecified atom stereocenters. The molecule has 2 fully saturated rings. The van der Waals surface area contributed by atoms with Crippen molar-refractivity contribution < 1.29 is 19.4 Å². The number of aromatic carboxylic acids is 1. The number of ether oxygens (including phenoxy) is 2. The molecule has 1 N–H and O–H groups in total. The molecule has 1 saturated heterocycles. The Bertz CT molecular complexity index is 867. The molecule has 0 bridgehead atoms. The number of anilines is 1. The van der Waals surface area contributed by atoms with Crippen LogP contribution in [0, 0.1) is 11.8 Å². The average Bonchev–Trinajstić information content (AvgIpc) is 2.79. The van der Waals surface area contributed by atoms with E-state index in [1.165, 1.54) is 31.9 Å². The lowest BCUT2D eigenvalue weighted by Gasteiger charge is -2.34. The van der Waals surface area contributed by atoms with Gasteiger partial charge in [-0.2, -0.15) is 0 Å². The summed E-state index contributed by atoms with van der Waals surface area (Å²) in [4.78, 5) is 21.9. The zero-order valence-corrected chi connectivity index (χ0v) is 17.4. The topological polar surface area (TPSA) is 84.8 Å². The van der Waals surface area contributed by atoms with Gasteiger partial charge in [-0.05, 0) is 30.7 Å². The molecule has 4 rings (SSSR count). The molecule has 0 radical (unpaired) electrons. The highest BCUT2D eigenvalue weighted by atomic mass is 16.5. The zero-order valence-electron chi connectivity index (χ0n) is 17.4. The molecule has 1 saturated carbocycles. The number of morpholine rings is 1. The summed E-state index contributed by atoms with van der Waals surface area (Å²) in [5.41, 5.74) is 1.93. The summed E-state index contributed by atoms with van der Waals surface area (Å²) in [6.07, 6.45) is 11.5. The number of hydrogen-bond donors (Lipinski definition) is 1. The molecule has 2 aromatic heterocycles. The van der Waals surface area contributed by atoms with Crippen molar-refractivity contribution in [3.8, 4) is 5.75 Å². The lowest BCUT2D eigenvalue weighted by molar-refractivity contribution is 0.0394. The first-order valence-corrected chi connectivity index (χ1v) is 10.7. The van der Waals surface area contributed by atoms with Crippen LogP contribution in [0.1, 0.15) is 54.6 Å². The van der Waals surface area contributed by atoms with Gasteiger partial charge in [0.1, 0.15) is 11.9 Å². The van der Waals surface area contributed by atoms with Crippen molar-refractivity contribution in [2.45, 2.75) is 38.7 Å². The Morgan fingerprint density at radius 3 is 2.77 bits per heavy atom. The Kier molecular flexibility index (Phi) is 6.47. The zero-order chi connectivity index (χ0) is 20.9. The number of carboxylic acid groups (broad SMARTS) is 1. The van der Waals surface area contributed by atoms with Crippen LogP contribution in [-0.4, -0.2) is 47.3 Å². The van der Waals surface area contributed by atoms with Gasteiger partial charge in [0.2, 0.25) is 0 Å². The van der Waals surface area contributed by atoms with Gasteiger partial charge < -0.3 is 19.5 Å². The van der Waals surface area contributed by atoms with Crippen LogP contribution in [-0.2, 0) is 4.74 Å². The highest BCUT2D eigenvalue weighted by molar-refractivity contribution is 5.87. The Labute approximate surface area is 177 Å². The van der Waals surface area contributed by atoms with Crippen LogP contribution in [0.4, 0.5) is 5.69 Å². The van der Waals surface area contributed by atoms with Gasteiger partial charge in [0.05, 0.1) is 36.9 Å². The minimum Gasteiger partial charge on any atom is -0.492 e. The highest BCUT2D eigenvalue weighted by Crippen LogP contribution is 2.30. The molecule has 2 aliphatic rings. The molecule has 3 heterocycles. The minimum absolute atomic E-state index is 0.169. The first-order valence-electron chi connectivity index (χ1n) is 10.7. The molecule has 1 aliphatic carbocycles. The fourth-order valence-electron chi connectivity index (χ4n) is 4.21. The Morgan fingerprint density at radius 2 is 1.97 bits per heavy atom. The van der Waals surface area contributed by atoms with Gasteiger partial charge in [-0.3, -0.25) is 9.97 Å². The normalized spacial score (nSPS) is 24.4. The molecule has 2 aromatic rings. The summed E-state index contributed by atoms with van der Waals surface area (Å²) in [5, 5.41) is 9.21. The molecule has 160 valence electrons. The smallest absolute Gasteiger partial charge is 0.337 e. The molecule has 30 heavy (non-hydrogen) atoms. The molecule has 0 aromatic carbocycles. The second-order valence-electron chi connectivity index (χ2n) is 8.43. The molecule has 7 nitrogen and oxygen atoms in total. The lowest BCUT2D eigenvalue weighted by Crippen LogP contribution is -2.38. The first kappa shape index (κ1) is 20.6. The largest absolute Gasteiger partial charge is 0.492 e. The summed E-state index contributed by atoms with van der Waals surface area (Å²) in [7, 11) is 0. The molecule has 0 amide bonds. The van der Waals surface area contributed by atoms with Gasteiger partial charge in [0.25, 0.3) is 0 Å². The van der Waals surface area contributed by atoms with Gasteiger partial charge in [0.15, 0.2) is 0 Å². The number of pyridine rings is 2. The van der Waals surface area contributed by atoms with Crippen molar-refractivity contribution in [3.63, 3.8) is 0 Å². The molecular weight excluding hydrogens is 382 g/mol. The second-order valence-corrected chi connectivity index (χ2v) is 8.43. The molecule has 7 heteroatoms. The molecular formula is C23H29N3O4. The van der Waals surface area contributed by atoms with E-state index >= 15 is 0 Å². The molecule has 0 spiro atoms. The maximum atomic E-state index is 11.2. The summed E-state index contributed by atoms with van der Waals surface area (Å²) >= 11 is 0.